The van der Waals surface area contributed by atoms with Gasteiger partial charge in [-0.2, -0.15) is 4.39 Å². The van der Waals surface area contributed by atoms with Gasteiger partial charge in [0.15, 0.2) is 0 Å². The summed E-state index contributed by atoms with van der Waals surface area (Å²) in [6, 6.07) is 3.42. The van der Waals surface area contributed by atoms with E-state index in [9.17, 15) is 28.8 Å². The normalized spacial score (nSPS) is 14.0. The lowest BCUT2D eigenvalue weighted by Crippen LogP contribution is -2.42. The number of carboxylic acid groups (broad SMARTS) is 1. The van der Waals surface area contributed by atoms with Crippen molar-refractivity contribution in [2.45, 2.75) is 51.0 Å². The maximum atomic E-state index is 13.5. The molecule has 3 N–H and O–H groups in total. The summed E-state index contributed by atoms with van der Waals surface area (Å²) in [5.74, 6) is -1.82. The molecule has 0 aromatic heterocycles. The Morgan fingerprint density at radius 3 is 2.23 bits per heavy atom. The monoisotopic (exact) mass is 526 g/mol. The number of aliphatic carboxylic acids is 1. The van der Waals surface area contributed by atoms with Crippen molar-refractivity contribution in [3.05, 3.63) is 34.1 Å². The molecule has 0 heterocycles. The molecule has 0 fully saturated rings. The average Bonchev–Trinajstić information content (AvgIpc) is 2.66. The quantitative estimate of drug-likeness (QED) is 0.0936. The Morgan fingerprint density at radius 1 is 1.14 bits per heavy atom. The lowest BCUT2D eigenvalue weighted by molar-refractivity contribution is -0.873. The fraction of sp³-hybridized carbons (Fsp3) is 0.667. The predicted octanol–water partition coefficient (Wildman–Crippen LogP) is 3.96. The van der Waals surface area contributed by atoms with Crippen LogP contribution in [0.3, 0.4) is 0 Å². The van der Waals surface area contributed by atoms with Crippen molar-refractivity contribution in [2.75, 3.05) is 40.9 Å². The molecule has 1 aromatic carbocycles. The number of ether oxygens (including phenoxy) is 1. The second-order valence-electron chi connectivity index (χ2n) is 8.94. The lowest BCUT2D eigenvalue weighted by Gasteiger charge is -2.29. The molecule has 0 aliphatic rings. The topological polar surface area (TPSA) is 175 Å². The summed E-state index contributed by atoms with van der Waals surface area (Å²) in [5.41, 5.74) is -0.593. The molecule has 12 nitrogen and oxygen atoms in total. The number of likely N-dealkylation sites (N-methyl/N-ethyl adjacent to an activating group) is 1. The third-order valence-electron chi connectivity index (χ3n) is 4.61. The summed E-state index contributed by atoms with van der Waals surface area (Å²) >= 11 is 0. The zero-order valence-electron chi connectivity index (χ0n) is 20.3. The van der Waals surface area contributed by atoms with Crippen LogP contribution >= 0.6 is 7.82 Å². The maximum absolute atomic E-state index is 13.5. The number of benzene rings is 1. The molecule has 1 rings (SSSR count). The number of quaternary nitrogens is 1. The Kier molecular flexibility index (Phi) is 14.8. The maximum Gasteiger partial charge on any atom is 0.472 e. The van der Waals surface area contributed by atoms with Crippen molar-refractivity contribution in [1.29, 1.82) is 0 Å². The molecule has 202 valence electrons. The number of hydrogen-bond donors (Lipinski definition) is 2. The molecule has 0 spiro atoms. The molecule has 0 bridgehead atoms. The zero-order valence-corrected chi connectivity index (χ0v) is 21.2. The standard InChI is InChI=1S/C21H34FN2O9P.H2O/c1-24(2,3)16-18(15-21(25)26)33-34(29,30)32-13-9-7-5-4-6-8-12-31-17-10-11-20(23(27)28)19(22)14-17;/h10-11,14,18H,4-9,12-13,15-16H2,1-3H3,(H-,25,26,29,30);1H2. The average molecular weight is 526 g/mol. The van der Waals surface area contributed by atoms with E-state index in [1.54, 1.807) is 0 Å². The highest BCUT2D eigenvalue weighted by atomic mass is 31.2. The van der Waals surface area contributed by atoms with Gasteiger partial charge < -0.3 is 24.7 Å². The number of nitro groups is 1. The minimum Gasteiger partial charge on any atom is -0.870 e. The Morgan fingerprint density at radius 2 is 1.71 bits per heavy atom. The van der Waals surface area contributed by atoms with Crippen LogP contribution in [0.15, 0.2) is 18.2 Å². The molecule has 0 aliphatic heterocycles. The van der Waals surface area contributed by atoms with E-state index in [0.29, 0.717) is 17.5 Å². The first-order chi connectivity index (χ1) is 15.8. The number of carboxylic acids is 1. The van der Waals surface area contributed by atoms with E-state index in [4.69, 9.17) is 18.9 Å². The van der Waals surface area contributed by atoms with Crippen LogP contribution in [0.4, 0.5) is 10.1 Å². The van der Waals surface area contributed by atoms with Gasteiger partial charge in [-0.1, -0.05) is 25.7 Å². The Balaban J connectivity index is 0.0000116. The minimum atomic E-state index is -4.36. The second-order valence-corrected chi connectivity index (χ2v) is 10.3. The van der Waals surface area contributed by atoms with Crippen molar-refractivity contribution >= 4 is 19.5 Å². The summed E-state index contributed by atoms with van der Waals surface area (Å²) in [6.07, 6.45) is 3.33. The molecule has 35 heavy (non-hydrogen) atoms. The van der Waals surface area contributed by atoms with Gasteiger partial charge in [-0.15, -0.1) is 0 Å². The van der Waals surface area contributed by atoms with Crippen LogP contribution in [0.2, 0.25) is 0 Å². The number of hydrogen-bond acceptors (Lipinski definition) is 8. The molecular formula is C21H36FN2O10P. The number of phosphoric acid groups is 1. The largest absolute Gasteiger partial charge is 0.870 e. The number of unbranched alkanes of at least 4 members (excludes halogenated alkanes) is 5. The SMILES string of the molecule is C[N+](C)(C)CC(CC(=O)O)OP(=O)(O)OCCCCCCCCOc1ccc([N+](=O)[O-])c(F)c1.[OH-]. The Bertz CT molecular complexity index is 850. The molecule has 0 saturated carbocycles. The molecule has 14 heteroatoms. The van der Waals surface area contributed by atoms with E-state index in [0.717, 1.165) is 44.2 Å². The van der Waals surface area contributed by atoms with E-state index in [1.165, 1.54) is 6.07 Å². The highest BCUT2D eigenvalue weighted by Gasteiger charge is 2.31. The number of carbonyl (C=O) groups is 1. The summed E-state index contributed by atoms with van der Waals surface area (Å²) in [6.45, 7) is 0.617. The highest BCUT2D eigenvalue weighted by molar-refractivity contribution is 7.47. The van der Waals surface area contributed by atoms with Crippen molar-refractivity contribution in [3.8, 4) is 5.75 Å². The summed E-state index contributed by atoms with van der Waals surface area (Å²) < 4.78 is 41.5. The highest BCUT2D eigenvalue weighted by Crippen LogP contribution is 2.45. The summed E-state index contributed by atoms with van der Waals surface area (Å²) in [7, 11) is 1.11. The van der Waals surface area contributed by atoms with Gasteiger partial charge in [-0.3, -0.25) is 24.0 Å². The Labute approximate surface area is 204 Å². The van der Waals surface area contributed by atoms with Gasteiger partial charge >= 0.3 is 19.5 Å². The molecule has 1 aromatic rings. The van der Waals surface area contributed by atoms with E-state index in [2.05, 4.69) is 0 Å². The van der Waals surface area contributed by atoms with Crippen molar-refractivity contribution < 1.29 is 52.4 Å². The number of phosphoric ester groups is 1. The van der Waals surface area contributed by atoms with Crippen LogP contribution in [-0.2, 0) is 18.4 Å². The molecule has 0 aliphatic carbocycles. The predicted molar refractivity (Wildman–Crippen MR) is 124 cm³/mol. The molecule has 0 amide bonds. The smallest absolute Gasteiger partial charge is 0.472 e. The van der Waals surface area contributed by atoms with E-state index >= 15 is 0 Å². The van der Waals surface area contributed by atoms with Crippen molar-refractivity contribution in [3.63, 3.8) is 0 Å². The minimum absolute atomic E-state index is 0. The van der Waals surface area contributed by atoms with E-state index in [-0.39, 0.29) is 24.4 Å². The lowest BCUT2D eigenvalue weighted by atomic mass is 10.1. The first kappa shape index (κ1) is 32.8. The summed E-state index contributed by atoms with van der Waals surface area (Å²) in [4.78, 5) is 30.7. The first-order valence-corrected chi connectivity index (χ1v) is 12.5. The zero-order chi connectivity index (χ0) is 25.8. The van der Waals surface area contributed by atoms with Gasteiger partial charge in [0.2, 0.25) is 5.82 Å². The molecular weight excluding hydrogens is 490 g/mol. The van der Waals surface area contributed by atoms with Gasteiger partial charge in [-0.05, 0) is 18.9 Å². The first-order valence-electron chi connectivity index (χ1n) is 11.0. The van der Waals surface area contributed by atoms with E-state index < -0.39 is 42.7 Å². The summed E-state index contributed by atoms with van der Waals surface area (Å²) in [5, 5.41) is 19.6. The number of halogens is 1. The molecule has 0 saturated heterocycles. The van der Waals surface area contributed by atoms with Crippen LogP contribution in [0.1, 0.15) is 44.9 Å². The number of nitro benzene ring substituents is 1. The van der Waals surface area contributed by atoms with Crippen LogP contribution in [0, 0.1) is 15.9 Å². The van der Waals surface area contributed by atoms with Crippen LogP contribution in [0.5, 0.6) is 5.75 Å². The van der Waals surface area contributed by atoms with Gasteiger partial charge in [0.1, 0.15) is 18.4 Å². The molecule has 2 unspecified atom stereocenters. The molecule has 0 radical (unpaired) electrons. The molecule has 2 atom stereocenters. The second kappa shape index (κ2) is 15.8. The third kappa shape index (κ3) is 15.5. The number of nitrogens with zero attached hydrogens (tertiary/aromatic N) is 2. The van der Waals surface area contributed by atoms with Gasteiger partial charge in [-0.25, -0.2) is 4.57 Å². The third-order valence-corrected chi connectivity index (χ3v) is 5.69. The van der Waals surface area contributed by atoms with Gasteiger partial charge in [0.25, 0.3) is 0 Å². The van der Waals surface area contributed by atoms with Crippen LogP contribution < -0.4 is 4.74 Å². The Hall–Kier alpha value is -2.15. The fourth-order valence-corrected chi connectivity index (χ4v) is 4.10. The number of rotatable bonds is 18. The van der Waals surface area contributed by atoms with Crippen LogP contribution in [-0.4, -0.2) is 77.9 Å². The van der Waals surface area contributed by atoms with Crippen molar-refractivity contribution in [2.24, 2.45) is 0 Å². The fourth-order valence-electron chi connectivity index (χ4n) is 3.17. The van der Waals surface area contributed by atoms with Gasteiger partial charge in [0, 0.05) is 12.1 Å². The van der Waals surface area contributed by atoms with Crippen LogP contribution in [0.25, 0.3) is 0 Å². The van der Waals surface area contributed by atoms with E-state index in [1.807, 2.05) is 21.1 Å². The van der Waals surface area contributed by atoms with Gasteiger partial charge in [0.05, 0.1) is 45.7 Å². The van der Waals surface area contributed by atoms with Crippen molar-refractivity contribution in [1.82, 2.24) is 0 Å².